The first kappa shape index (κ1) is 11.2. The highest BCUT2D eigenvalue weighted by Gasteiger charge is 2.50. The van der Waals surface area contributed by atoms with Crippen molar-refractivity contribution in [3.8, 4) is 0 Å². The van der Waals surface area contributed by atoms with Gasteiger partial charge in [0.25, 0.3) is 0 Å². The number of carbonyl (C=O) groups is 1. The molecule has 2 aliphatic heterocycles. The molecule has 1 aromatic carbocycles. The van der Waals surface area contributed by atoms with Crippen LogP contribution >= 0.6 is 15.9 Å². The van der Waals surface area contributed by atoms with Gasteiger partial charge in [0.15, 0.2) is 0 Å². The Morgan fingerprint density at radius 3 is 2.76 bits per heavy atom. The van der Waals surface area contributed by atoms with E-state index >= 15 is 0 Å². The second kappa shape index (κ2) is 4.10. The Bertz CT molecular complexity index is 448. The fourth-order valence-electron chi connectivity index (χ4n) is 2.45. The number of amides is 1. The molecule has 0 radical (unpaired) electrons. The normalized spacial score (nSPS) is 20.9. The molecule has 0 atom stereocenters. The summed E-state index contributed by atoms with van der Waals surface area (Å²) in [5.74, 6) is 0.223. The Hall–Kier alpha value is -0.870. The number of rotatable bonds is 2. The summed E-state index contributed by atoms with van der Waals surface area (Å²) in [5.41, 5.74) is 1.38. The maximum Gasteiger partial charge on any atom is 0.227 e. The van der Waals surface area contributed by atoms with Crippen molar-refractivity contribution in [2.75, 3.05) is 26.3 Å². The van der Waals surface area contributed by atoms with Gasteiger partial charge >= 0.3 is 0 Å². The van der Waals surface area contributed by atoms with E-state index in [0.29, 0.717) is 11.8 Å². The van der Waals surface area contributed by atoms with Crippen LogP contribution in [0.1, 0.15) is 5.56 Å². The molecule has 1 amide bonds. The van der Waals surface area contributed by atoms with E-state index in [1.165, 1.54) is 0 Å². The van der Waals surface area contributed by atoms with Gasteiger partial charge in [0.1, 0.15) is 0 Å². The molecule has 3 rings (SSSR count). The van der Waals surface area contributed by atoms with E-state index in [2.05, 4.69) is 15.9 Å². The van der Waals surface area contributed by atoms with Gasteiger partial charge in [-0.15, -0.1) is 0 Å². The second-order valence-corrected chi connectivity index (χ2v) is 5.96. The Morgan fingerprint density at radius 1 is 1.41 bits per heavy atom. The highest BCUT2D eigenvalue weighted by molar-refractivity contribution is 9.10. The number of halogens is 1. The summed E-state index contributed by atoms with van der Waals surface area (Å²) >= 11 is 3.42. The summed E-state index contributed by atoms with van der Waals surface area (Å²) in [5, 5.41) is 0. The number of likely N-dealkylation sites (tertiary alicyclic amines) is 1. The van der Waals surface area contributed by atoms with Crippen LogP contribution in [0.25, 0.3) is 0 Å². The Kier molecular flexibility index (Phi) is 2.71. The predicted molar refractivity (Wildman–Crippen MR) is 67.7 cm³/mol. The van der Waals surface area contributed by atoms with Crippen LogP contribution in [-0.4, -0.2) is 37.1 Å². The SMILES string of the molecule is O=C(Cc1cccc(Br)c1)N1CC2(COC2)C1. The number of hydrogen-bond donors (Lipinski definition) is 0. The number of ether oxygens (including phenoxy) is 1. The van der Waals surface area contributed by atoms with Crippen LogP contribution in [-0.2, 0) is 16.0 Å². The Labute approximate surface area is 109 Å². The lowest BCUT2D eigenvalue weighted by Gasteiger charge is -2.55. The summed E-state index contributed by atoms with van der Waals surface area (Å²) in [6.45, 7) is 3.40. The highest BCUT2D eigenvalue weighted by Crippen LogP contribution is 2.37. The van der Waals surface area contributed by atoms with Gasteiger partial charge in [-0.1, -0.05) is 28.1 Å². The first-order valence-corrected chi connectivity index (χ1v) is 6.56. The quantitative estimate of drug-likeness (QED) is 0.833. The zero-order valence-electron chi connectivity index (χ0n) is 9.49. The van der Waals surface area contributed by atoms with Gasteiger partial charge in [-0.2, -0.15) is 0 Å². The third kappa shape index (κ3) is 2.11. The van der Waals surface area contributed by atoms with Crippen molar-refractivity contribution in [1.29, 1.82) is 0 Å². The molecule has 1 spiro atoms. The first-order valence-electron chi connectivity index (χ1n) is 5.77. The van der Waals surface area contributed by atoms with Crippen molar-refractivity contribution in [1.82, 2.24) is 4.90 Å². The zero-order valence-corrected chi connectivity index (χ0v) is 11.1. The zero-order chi connectivity index (χ0) is 11.9. The third-order valence-electron chi connectivity index (χ3n) is 3.47. The molecule has 90 valence electrons. The molecular weight excluding hydrogens is 282 g/mol. The lowest BCUT2D eigenvalue weighted by molar-refractivity contribution is -0.194. The standard InChI is InChI=1S/C13H14BrNO2/c14-11-3-1-2-10(4-11)5-12(16)15-6-13(7-15)8-17-9-13/h1-4H,5-9H2. The smallest absolute Gasteiger partial charge is 0.227 e. The molecule has 2 saturated heterocycles. The average molecular weight is 296 g/mol. The van der Waals surface area contributed by atoms with Crippen LogP contribution < -0.4 is 0 Å². The summed E-state index contributed by atoms with van der Waals surface area (Å²) in [4.78, 5) is 13.9. The molecule has 0 unspecified atom stereocenters. The Morgan fingerprint density at radius 2 is 2.18 bits per heavy atom. The van der Waals surface area contributed by atoms with E-state index in [9.17, 15) is 4.79 Å². The maximum atomic E-state index is 12.0. The first-order chi connectivity index (χ1) is 8.17. The predicted octanol–water partition coefficient (Wildman–Crippen LogP) is 1.85. The minimum atomic E-state index is 0.223. The van der Waals surface area contributed by atoms with Crippen molar-refractivity contribution in [3.63, 3.8) is 0 Å². The molecule has 4 heteroatoms. The molecule has 1 aromatic rings. The number of carbonyl (C=O) groups excluding carboxylic acids is 1. The molecule has 2 fully saturated rings. The van der Waals surface area contributed by atoms with E-state index in [1.807, 2.05) is 29.2 Å². The van der Waals surface area contributed by atoms with Crippen LogP contribution in [0.3, 0.4) is 0 Å². The molecule has 17 heavy (non-hydrogen) atoms. The molecule has 0 aliphatic carbocycles. The van der Waals surface area contributed by atoms with E-state index < -0.39 is 0 Å². The average Bonchev–Trinajstić information content (AvgIpc) is 2.12. The van der Waals surface area contributed by atoms with Crippen molar-refractivity contribution < 1.29 is 9.53 Å². The molecule has 0 N–H and O–H groups in total. The van der Waals surface area contributed by atoms with Gasteiger partial charge in [-0.05, 0) is 17.7 Å². The molecule has 2 heterocycles. The highest BCUT2D eigenvalue weighted by atomic mass is 79.9. The van der Waals surface area contributed by atoms with Crippen molar-refractivity contribution in [2.45, 2.75) is 6.42 Å². The second-order valence-electron chi connectivity index (χ2n) is 5.05. The molecule has 0 aromatic heterocycles. The summed E-state index contributed by atoms with van der Waals surface area (Å²) < 4.78 is 6.22. The Balaban J connectivity index is 1.57. The fraction of sp³-hybridized carbons (Fsp3) is 0.462. The van der Waals surface area contributed by atoms with Gasteiger partial charge in [0, 0.05) is 17.6 Å². The van der Waals surface area contributed by atoms with E-state index in [4.69, 9.17) is 4.74 Å². The maximum absolute atomic E-state index is 12.0. The minimum Gasteiger partial charge on any atom is -0.380 e. The molecule has 0 bridgehead atoms. The van der Waals surface area contributed by atoms with Crippen LogP contribution in [0.4, 0.5) is 0 Å². The summed E-state index contributed by atoms with van der Waals surface area (Å²) in [6.07, 6.45) is 0.496. The number of benzene rings is 1. The van der Waals surface area contributed by atoms with Crippen LogP contribution in [0.2, 0.25) is 0 Å². The van der Waals surface area contributed by atoms with Gasteiger partial charge in [-0.25, -0.2) is 0 Å². The lowest BCUT2D eigenvalue weighted by atomic mass is 9.78. The topological polar surface area (TPSA) is 29.5 Å². The van der Waals surface area contributed by atoms with Crippen LogP contribution in [0.15, 0.2) is 28.7 Å². The number of nitrogens with zero attached hydrogens (tertiary/aromatic N) is 1. The van der Waals surface area contributed by atoms with Gasteiger partial charge in [0.2, 0.25) is 5.91 Å². The van der Waals surface area contributed by atoms with E-state index in [1.54, 1.807) is 0 Å². The van der Waals surface area contributed by atoms with Gasteiger partial charge in [-0.3, -0.25) is 4.79 Å². The number of hydrogen-bond acceptors (Lipinski definition) is 2. The van der Waals surface area contributed by atoms with Crippen molar-refractivity contribution in [3.05, 3.63) is 34.3 Å². The minimum absolute atomic E-state index is 0.223. The van der Waals surface area contributed by atoms with Crippen molar-refractivity contribution in [2.24, 2.45) is 5.41 Å². The summed E-state index contributed by atoms with van der Waals surface area (Å²) in [6, 6.07) is 7.92. The van der Waals surface area contributed by atoms with Gasteiger partial charge < -0.3 is 9.64 Å². The van der Waals surface area contributed by atoms with E-state index in [0.717, 1.165) is 36.3 Å². The monoisotopic (exact) mass is 295 g/mol. The van der Waals surface area contributed by atoms with E-state index in [-0.39, 0.29) is 5.91 Å². The van der Waals surface area contributed by atoms with Crippen LogP contribution in [0.5, 0.6) is 0 Å². The largest absolute Gasteiger partial charge is 0.380 e. The molecule has 2 aliphatic rings. The summed E-state index contributed by atoms with van der Waals surface area (Å²) in [7, 11) is 0. The third-order valence-corrected chi connectivity index (χ3v) is 3.96. The van der Waals surface area contributed by atoms with Crippen LogP contribution in [0, 0.1) is 5.41 Å². The van der Waals surface area contributed by atoms with Gasteiger partial charge in [0.05, 0.1) is 25.0 Å². The fourth-order valence-corrected chi connectivity index (χ4v) is 2.89. The molecule has 0 saturated carbocycles. The van der Waals surface area contributed by atoms with Crippen molar-refractivity contribution >= 4 is 21.8 Å². The molecular formula is C13H14BrNO2. The lowest BCUT2D eigenvalue weighted by Crippen LogP contribution is -2.67. The molecule has 3 nitrogen and oxygen atoms in total.